The van der Waals surface area contributed by atoms with E-state index in [0.29, 0.717) is 39.1 Å². The Morgan fingerprint density at radius 3 is 1.73 bits per heavy atom. The summed E-state index contributed by atoms with van der Waals surface area (Å²) < 4.78 is 43.5. The molecule has 6 N–H and O–H groups in total. The van der Waals surface area contributed by atoms with Crippen molar-refractivity contribution in [2.45, 2.75) is 45.6 Å². The molecule has 1 aromatic heterocycles. The van der Waals surface area contributed by atoms with Crippen molar-refractivity contribution in [3.8, 4) is 28.7 Å². The van der Waals surface area contributed by atoms with Crippen LogP contribution in [0.5, 0.6) is 11.5 Å². The standard InChI is InChI=1S/C46H44F2N4O8/c1-27-31(15-39(47)33-10-12-35(43(17-33)59-3)22-51-41(24-53)45(55)56)6-4-8-37(27)38-9-5-7-32(28(38)2)16-40(48)34-11-13-36(23-52-42(25-54)46(57)58)44(18-34)60-26-30-14-29(19-49)20-50-21-30/h4-18,20-21,41-42,51-54H,22-26H2,1-3H3,(H,55,56)(H,57,58)/b39-15-,40-16-/t41-,42-/m1/s1. The summed E-state index contributed by atoms with van der Waals surface area (Å²) in [6, 6.07) is 21.6. The van der Waals surface area contributed by atoms with Crippen molar-refractivity contribution >= 4 is 35.7 Å². The van der Waals surface area contributed by atoms with Crippen molar-refractivity contribution in [3.05, 3.63) is 147 Å². The number of aliphatic carboxylic acids is 2. The first-order valence-corrected chi connectivity index (χ1v) is 18.7. The molecule has 0 aliphatic rings. The summed E-state index contributed by atoms with van der Waals surface area (Å²) in [7, 11) is 1.43. The molecule has 60 heavy (non-hydrogen) atoms. The predicted molar refractivity (Wildman–Crippen MR) is 223 cm³/mol. The van der Waals surface area contributed by atoms with E-state index in [4.69, 9.17) is 9.47 Å². The number of nitrogens with zero attached hydrogens (tertiary/aromatic N) is 2. The van der Waals surface area contributed by atoms with Crippen LogP contribution in [0.15, 0.2) is 91.3 Å². The molecular weight excluding hydrogens is 775 g/mol. The Morgan fingerprint density at radius 2 is 1.27 bits per heavy atom. The number of carbonyl (C=O) groups is 2. The van der Waals surface area contributed by atoms with Gasteiger partial charge in [-0.25, -0.2) is 8.78 Å². The number of halogens is 2. The molecule has 0 saturated carbocycles. The smallest absolute Gasteiger partial charge is 0.323 e. The molecule has 0 unspecified atom stereocenters. The van der Waals surface area contributed by atoms with Crippen LogP contribution in [0.2, 0.25) is 0 Å². The van der Waals surface area contributed by atoms with Crippen molar-refractivity contribution < 1.29 is 48.3 Å². The van der Waals surface area contributed by atoms with Crippen LogP contribution in [0.3, 0.4) is 0 Å². The molecule has 5 rings (SSSR count). The van der Waals surface area contributed by atoms with Gasteiger partial charge in [-0.2, -0.15) is 5.26 Å². The van der Waals surface area contributed by atoms with Gasteiger partial charge in [0, 0.05) is 53.3 Å². The second-order valence-electron chi connectivity index (χ2n) is 13.8. The molecule has 0 aliphatic carbocycles. The Labute approximate surface area is 345 Å². The Balaban J connectivity index is 1.42. The molecule has 12 nitrogen and oxygen atoms in total. The van der Waals surface area contributed by atoms with E-state index in [0.717, 1.165) is 22.3 Å². The molecule has 2 atom stereocenters. The molecule has 0 aliphatic heterocycles. The second kappa shape index (κ2) is 20.8. The number of carboxylic acid groups (broad SMARTS) is 2. The highest BCUT2D eigenvalue weighted by Gasteiger charge is 2.19. The van der Waals surface area contributed by atoms with Gasteiger partial charge in [-0.3, -0.25) is 25.2 Å². The van der Waals surface area contributed by atoms with Crippen molar-refractivity contribution in [1.82, 2.24) is 15.6 Å². The Hall–Kier alpha value is -6.76. The molecule has 0 bridgehead atoms. The minimum atomic E-state index is -1.24. The van der Waals surface area contributed by atoms with Gasteiger partial charge in [0.2, 0.25) is 0 Å². The van der Waals surface area contributed by atoms with Crippen LogP contribution >= 0.6 is 0 Å². The van der Waals surface area contributed by atoms with E-state index in [1.54, 1.807) is 48.5 Å². The Bertz CT molecular complexity index is 2460. The van der Waals surface area contributed by atoms with E-state index in [1.165, 1.54) is 43.8 Å². The number of methoxy groups -OCH3 is 1. The number of rotatable bonds is 19. The van der Waals surface area contributed by atoms with Gasteiger partial charge < -0.3 is 29.9 Å². The van der Waals surface area contributed by atoms with Gasteiger partial charge in [-0.1, -0.05) is 60.7 Å². The fourth-order valence-electron chi connectivity index (χ4n) is 6.38. The zero-order valence-electron chi connectivity index (χ0n) is 33.1. The molecule has 4 aromatic carbocycles. The van der Waals surface area contributed by atoms with Crippen LogP contribution in [0, 0.1) is 25.2 Å². The summed E-state index contributed by atoms with van der Waals surface area (Å²) in [5.41, 5.74) is 6.81. The number of nitriles is 1. The van der Waals surface area contributed by atoms with Gasteiger partial charge in [0.25, 0.3) is 0 Å². The van der Waals surface area contributed by atoms with Crippen LogP contribution in [-0.2, 0) is 29.3 Å². The minimum absolute atomic E-state index is 0.00550. The third-order valence-corrected chi connectivity index (χ3v) is 9.87. The number of carboxylic acids is 2. The first-order chi connectivity index (χ1) is 28.9. The Kier molecular flexibility index (Phi) is 15.4. The van der Waals surface area contributed by atoms with E-state index in [9.17, 15) is 35.3 Å². The van der Waals surface area contributed by atoms with Crippen LogP contribution in [0.1, 0.15) is 55.6 Å². The lowest BCUT2D eigenvalue weighted by atomic mass is 9.91. The normalized spacial score (nSPS) is 12.7. The van der Waals surface area contributed by atoms with E-state index in [2.05, 4.69) is 15.6 Å². The summed E-state index contributed by atoms with van der Waals surface area (Å²) in [5, 5.41) is 52.2. The summed E-state index contributed by atoms with van der Waals surface area (Å²) in [6.45, 7) is 2.56. The lowest BCUT2D eigenvalue weighted by molar-refractivity contribution is -0.141. The number of ether oxygens (including phenoxy) is 2. The Morgan fingerprint density at radius 1 is 0.767 bits per heavy atom. The van der Waals surface area contributed by atoms with Crippen LogP contribution in [0.25, 0.3) is 34.9 Å². The average molecular weight is 819 g/mol. The van der Waals surface area contributed by atoms with Crippen molar-refractivity contribution in [2.24, 2.45) is 0 Å². The van der Waals surface area contributed by atoms with Crippen molar-refractivity contribution in [3.63, 3.8) is 0 Å². The molecular formula is C46H44F2N4O8. The number of pyridine rings is 1. The maximum Gasteiger partial charge on any atom is 0.323 e. The fraction of sp³-hybridized carbons (Fsp3) is 0.217. The number of aliphatic hydroxyl groups is 2. The molecule has 0 spiro atoms. The first-order valence-electron chi connectivity index (χ1n) is 18.7. The molecule has 0 radical (unpaired) electrons. The molecule has 310 valence electrons. The maximum atomic E-state index is 16.2. The van der Waals surface area contributed by atoms with Crippen LogP contribution in [0.4, 0.5) is 8.78 Å². The zero-order chi connectivity index (χ0) is 43.3. The summed E-state index contributed by atoms with van der Waals surface area (Å²) in [6.07, 6.45) is 5.77. The quantitative estimate of drug-likeness (QED) is 0.0477. The fourth-order valence-corrected chi connectivity index (χ4v) is 6.38. The van der Waals surface area contributed by atoms with E-state index in [-0.39, 0.29) is 36.6 Å². The third-order valence-electron chi connectivity index (χ3n) is 9.87. The van der Waals surface area contributed by atoms with Gasteiger partial charge >= 0.3 is 11.9 Å². The topological polar surface area (TPSA) is 194 Å². The zero-order valence-corrected chi connectivity index (χ0v) is 33.1. The van der Waals surface area contributed by atoms with Crippen LogP contribution in [-0.4, -0.2) is 69.8 Å². The number of hydrogen-bond acceptors (Lipinski definition) is 10. The van der Waals surface area contributed by atoms with Crippen LogP contribution < -0.4 is 20.1 Å². The number of hydrogen-bond donors (Lipinski definition) is 6. The summed E-state index contributed by atoms with van der Waals surface area (Å²) in [5.74, 6) is -2.95. The average Bonchev–Trinajstić information content (AvgIpc) is 3.25. The first kappa shape index (κ1) is 44.3. The highest BCUT2D eigenvalue weighted by molar-refractivity contribution is 5.85. The van der Waals surface area contributed by atoms with Gasteiger partial charge in [0.1, 0.15) is 47.9 Å². The van der Waals surface area contributed by atoms with Gasteiger partial charge in [0.05, 0.1) is 25.9 Å². The molecule has 0 fully saturated rings. The number of aliphatic hydroxyl groups excluding tert-OH is 2. The minimum Gasteiger partial charge on any atom is -0.496 e. The molecule has 0 saturated heterocycles. The summed E-state index contributed by atoms with van der Waals surface area (Å²) >= 11 is 0. The molecule has 0 amide bonds. The van der Waals surface area contributed by atoms with E-state index >= 15 is 8.78 Å². The lowest BCUT2D eigenvalue weighted by Crippen LogP contribution is -2.39. The molecule has 5 aromatic rings. The lowest BCUT2D eigenvalue weighted by Gasteiger charge is -2.16. The third kappa shape index (κ3) is 11.0. The SMILES string of the molecule is COc1cc(/C(F)=C/c2cccc(-c3cccc(/C=C(\F)c4ccc(CN[C@H](CO)C(=O)O)c(OCc5cncc(C#N)c5)c4)c3C)c2C)ccc1CN[C@H](CO)C(=O)O. The van der Waals surface area contributed by atoms with Gasteiger partial charge in [0.15, 0.2) is 0 Å². The van der Waals surface area contributed by atoms with E-state index in [1.807, 2.05) is 38.1 Å². The number of benzene rings is 4. The highest BCUT2D eigenvalue weighted by atomic mass is 19.1. The van der Waals surface area contributed by atoms with Crippen molar-refractivity contribution in [1.29, 1.82) is 5.26 Å². The number of nitrogens with one attached hydrogen (secondary N) is 2. The number of aromatic nitrogens is 1. The predicted octanol–water partition coefficient (Wildman–Crippen LogP) is 6.83. The molecule has 14 heteroatoms. The highest BCUT2D eigenvalue weighted by Crippen LogP contribution is 2.35. The van der Waals surface area contributed by atoms with Crippen molar-refractivity contribution in [2.75, 3.05) is 20.3 Å². The second-order valence-corrected chi connectivity index (χ2v) is 13.8. The van der Waals surface area contributed by atoms with E-state index < -0.39 is 48.9 Å². The van der Waals surface area contributed by atoms with Gasteiger partial charge in [-0.15, -0.1) is 0 Å². The largest absolute Gasteiger partial charge is 0.496 e. The monoisotopic (exact) mass is 818 g/mol. The maximum absolute atomic E-state index is 16.2. The molecule has 1 heterocycles. The van der Waals surface area contributed by atoms with Gasteiger partial charge in [-0.05, 0) is 77.6 Å². The summed E-state index contributed by atoms with van der Waals surface area (Å²) in [4.78, 5) is 26.8.